The van der Waals surface area contributed by atoms with Gasteiger partial charge in [-0.25, -0.2) is 0 Å². The van der Waals surface area contributed by atoms with Crippen LogP contribution in [0.25, 0.3) is 0 Å². The summed E-state index contributed by atoms with van der Waals surface area (Å²) in [5.41, 5.74) is 0.972. The van der Waals surface area contributed by atoms with Gasteiger partial charge >= 0.3 is 0 Å². The Balaban J connectivity index is 2.90. The van der Waals surface area contributed by atoms with Gasteiger partial charge in [0, 0.05) is 12.1 Å². The van der Waals surface area contributed by atoms with Crippen LogP contribution in [0.3, 0.4) is 0 Å². The highest BCUT2D eigenvalue weighted by molar-refractivity contribution is 5.94. The van der Waals surface area contributed by atoms with E-state index in [1.807, 2.05) is 6.07 Å². The summed E-state index contributed by atoms with van der Waals surface area (Å²) in [5, 5.41) is 11.1. The average molecular weight is 173 g/mol. The van der Waals surface area contributed by atoms with Crippen molar-refractivity contribution in [3.8, 4) is 6.07 Å². The molecule has 1 radical (unpaired) electrons. The third-order valence-electron chi connectivity index (χ3n) is 1.54. The van der Waals surface area contributed by atoms with E-state index in [0.29, 0.717) is 17.7 Å². The van der Waals surface area contributed by atoms with Gasteiger partial charge in [0.25, 0.3) is 5.91 Å². The monoisotopic (exact) mass is 173 g/mol. The first-order valence-corrected chi connectivity index (χ1v) is 3.85. The SMILES string of the molecule is [CH2]CNC(=O)c1cccc(C#N)c1. The van der Waals surface area contributed by atoms with E-state index in [1.54, 1.807) is 24.3 Å². The lowest BCUT2D eigenvalue weighted by Gasteiger charge is -2.00. The van der Waals surface area contributed by atoms with Crippen molar-refractivity contribution >= 4 is 5.91 Å². The second-order valence-corrected chi connectivity index (χ2v) is 2.45. The Morgan fingerprint density at radius 2 is 2.38 bits per heavy atom. The van der Waals surface area contributed by atoms with Crippen molar-refractivity contribution in [3.05, 3.63) is 42.3 Å². The second-order valence-electron chi connectivity index (χ2n) is 2.45. The van der Waals surface area contributed by atoms with Crippen molar-refractivity contribution in [2.45, 2.75) is 0 Å². The molecule has 0 heterocycles. The summed E-state index contributed by atoms with van der Waals surface area (Å²) in [6.07, 6.45) is 0. The minimum Gasteiger partial charge on any atom is -0.352 e. The van der Waals surface area contributed by atoms with Crippen molar-refractivity contribution in [1.29, 1.82) is 5.26 Å². The molecule has 3 heteroatoms. The zero-order valence-electron chi connectivity index (χ0n) is 7.08. The largest absolute Gasteiger partial charge is 0.352 e. The number of amides is 1. The van der Waals surface area contributed by atoms with Gasteiger partial charge in [0.2, 0.25) is 0 Å². The molecule has 0 atom stereocenters. The van der Waals surface area contributed by atoms with Crippen LogP contribution in [0, 0.1) is 18.3 Å². The van der Waals surface area contributed by atoms with E-state index in [2.05, 4.69) is 12.2 Å². The Morgan fingerprint density at radius 3 is 3.00 bits per heavy atom. The van der Waals surface area contributed by atoms with Crippen molar-refractivity contribution in [2.24, 2.45) is 0 Å². The van der Waals surface area contributed by atoms with E-state index in [0.717, 1.165) is 0 Å². The van der Waals surface area contributed by atoms with Crippen LogP contribution in [0.2, 0.25) is 0 Å². The molecule has 1 rings (SSSR count). The van der Waals surface area contributed by atoms with Crippen molar-refractivity contribution in [2.75, 3.05) is 6.54 Å². The standard InChI is InChI=1S/C10H9N2O/c1-2-12-10(13)9-5-3-4-8(6-9)7-11/h3-6H,1-2H2,(H,12,13). The van der Waals surface area contributed by atoms with Gasteiger partial charge < -0.3 is 5.32 Å². The topological polar surface area (TPSA) is 52.9 Å². The molecule has 0 saturated heterocycles. The highest BCUT2D eigenvalue weighted by atomic mass is 16.1. The lowest BCUT2D eigenvalue weighted by atomic mass is 10.1. The first kappa shape index (κ1) is 9.27. The van der Waals surface area contributed by atoms with Crippen LogP contribution in [-0.2, 0) is 0 Å². The summed E-state index contributed by atoms with van der Waals surface area (Å²) < 4.78 is 0. The number of nitrogens with one attached hydrogen (secondary N) is 1. The van der Waals surface area contributed by atoms with Crippen LogP contribution < -0.4 is 5.32 Å². The maximum Gasteiger partial charge on any atom is 0.251 e. The Bertz CT molecular complexity index is 352. The number of nitrogens with zero attached hydrogens (tertiary/aromatic N) is 1. The summed E-state index contributed by atoms with van der Waals surface area (Å²) in [5.74, 6) is -0.202. The Kier molecular flexibility index (Phi) is 3.04. The molecule has 13 heavy (non-hydrogen) atoms. The Morgan fingerprint density at radius 1 is 1.62 bits per heavy atom. The summed E-state index contributed by atoms with van der Waals surface area (Å²) in [6, 6.07) is 8.50. The number of carbonyl (C=O) groups excluding carboxylic acids is 1. The number of hydrogen-bond donors (Lipinski definition) is 1. The van der Waals surface area contributed by atoms with Gasteiger partial charge in [-0.15, -0.1) is 0 Å². The van der Waals surface area contributed by atoms with Crippen LogP contribution in [-0.4, -0.2) is 12.5 Å². The van der Waals surface area contributed by atoms with Gasteiger partial charge in [-0.1, -0.05) is 6.07 Å². The van der Waals surface area contributed by atoms with Crippen LogP contribution in [0.4, 0.5) is 0 Å². The molecule has 0 bridgehead atoms. The van der Waals surface area contributed by atoms with Crippen LogP contribution >= 0.6 is 0 Å². The van der Waals surface area contributed by atoms with Gasteiger partial charge in [-0.2, -0.15) is 5.26 Å². The van der Waals surface area contributed by atoms with Crippen molar-refractivity contribution < 1.29 is 4.79 Å². The zero-order chi connectivity index (χ0) is 9.68. The predicted molar refractivity (Wildman–Crippen MR) is 48.8 cm³/mol. The Hall–Kier alpha value is -1.82. The van der Waals surface area contributed by atoms with E-state index in [4.69, 9.17) is 5.26 Å². The number of hydrogen-bond acceptors (Lipinski definition) is 2. The van der Waals surface area contributed by atoms with Gasteiger partial charge in [0.15, 0.2) is 0 Å². The molecule has 0 aliphatic heterocycles. The number of benzene rings is 1. The molecule has 0 aliphatic rings. The molecule has 0 aliphatic carbocycles. The lowest BCUT2D eigenvalue weighted by Crippen LogP contribution is -2.22. The van der Waals surface area contributed by atoms with Crippen molar-refractivity contribution in [1.82, 2.24) is 5.32 Å². The van der Waals surface area contributed by atoms with Crippen LogP contribution in [0.5, 0.6) is 0 Å². The summed E-state index contributed by atoms with van der Waals surface area (Å²) in [7, 11) is 0. The van der Waals surface area contributed by atoms with Gasteiger partial charge in [0.05, 0.1) is 11.6 Å². The molecule has 3 nitrogen and oxygen atoms in total. The number of rotatable bonds is 2. The molecule has 0 aromatic heterocycles. The fraction of sp³-hybridized carbons (Fsp3) is 0.100. The fourth-order valence-electron chi connectivity index (χ4n) is 0.946. The third-order valence-corrected chi connectivity index (χ3v) is 1.54. The second kappa shape index (κ2) is 4.27. The molecule has 1 amide bonds. The normalized spacial score (nSPS) is 8.92. The van der Waals surface area contributed by atoms with Gasteiger partial charge in [-0.05, 0) is 25.1 Å². The quantitative estimate of drug-likeness (QED) is 0.728. The lowest BCUT2D eigenvalue weighted by molar-refractivity contribution is 0.0958. The molecular weight excluding hydrogens is 164 g/mol. The smallest absolute Gasteiger partial charge is 0.251 e. The molecule has 1 N–H and O–H groups in total. The molecule has 1 aromatic carbocycles. The van der Waals surface area contributed by atoms with E-state index < -0.39 is 0 Å². The zero-order valence-corrected chi connectivity index (χ0v) is 7.08. The predicted octanol–water partition coefficient (Wildman–Crippen LogP) is 1.12. The van der Waals surface area contributed by atoms with E-state index in [-0.39, 0.29) is 5.91 Å². The van der Waals surface area contributed by atoms with E-state index in [1.165, 1.54) is 0 Å². The van der Waals surface area contributed by atoms with E-state index in [9.17, 15) is 4.79 Å². The maximum absolute atomic E-state index is 11.3. The molecular formula is C10H9N2O. The highest BCUT2D eigenvalue weighted by Crippen LogP contribution is 2.03. The highest BCUT2D eigenvalue weighted by Gasteiger charge is 2.03. The molecule has 0 fully saturated rings. The first-order chi connectivity index (χ1) is 6.27. The summed E-state index contributed by atoms with van der Waals surface area (Å²) in [6.45, 7) is 3.84. The number of nitriles is 1. The maximum atomic E-state index is 11.3. The molecule has 0 saturated carbocycles. The third kappa shape index (κ3) is 2.31. The number of carbonyl (C=O) groups is 1. The minimum atomic E-state index is -0.202. The van der Waals surface area contributed by atoms with Gasteiger partial charge in [-0.3, -0.25) is 4.79 Å². The molecule has 1 aromatic rings. The Labute approximate surface area is 77.0 Å². The first-order valence-electron chi connectivity index (χ1n) is 3.85. The fourth-order valence-corrected chi connectivity index (χ4v) is 0.946. The summed E-state index contributed by atoms with van der Waals surface area (Å²) in [4.78, 5) is 11.3. The molecule has 65 valence electrons. The van der Waals surface area contributed by atoms with Crippen LogP contribution in [0.1, 0.15) is 15.9 Å². The molecule has 0 unspecified atom stereocenters. The average Bonchev–Trinajstić information content (AvgIpc) is 2.18. The minimum absolute atomic E-state index is 0.202. The van der Waals surface area contributed by atoms with Crippen LogP contribution in [0.15, 0.2) is 24.3 Å². The van der Waals surface area contributed by atoms with Gasteiger partial charge in [0.1, 0.15) is 0 Å². The van der Waals surface area contributed by atoms with Crippen molar-refractivity contribution in [3.63, 3.8) is 0 Å². The molecule has 0 spiro atoms. The summed E-state index contributed by atoms with van der Waals surface area (Å²) >= 11 is 0. The van der Waals surface area contributed by atoms with E-state index >= 15 is 0 Å².